The Balaban J connectivity index is 1.78. The highest BCUT2D eigenvalue weighted by molar-refractivity contribution is 7.91. The van der Waals surface area contributed by atoms with Crippen molar-refractivity contribution < 1.29 is 13.2 Å². The Morgan fingerprint density at radius 1 is 0.862 bits per heavy atom. The zero-order valence-corrected chi connectivity index (χ0v) is 18.0. The quantitative estimate of drug-likeness (QED) is 0.379. The number of hydrogen-bond acceptors (Lipinski definition) is 3. The summed E-state index contributed by atoms with van der Waals surface area (Å²) in [6, 6.07) is 15.4. The molecule has 1 aromatic heterocycles. The number of hydrogen-bond donors (Lipinski definition) is 1. The minimum atomic E-state index is -3.69. The molecule has 148 valence electrons. The van der Waals surface area contributed by atoms with Gasteiger partial charge >= 0.3 is 0 Å². The van der Waals surface area contributed by atoms with Gasteiger partial charge in [-0.1, -0.05) is 40.9 Å². The van der Waals surface area contributed by atoms with Crippen molar-refractivity contribution in [1.29, 1.82) is 0 Å². The Hall–Kier alpha value is -2.47. The van der Waals surface area contributed by atoms with E-state index < -0.39 is 9.84 Å². The van der Waals surface area contributed by atoms with Crippen LogP contribution in [-0.4, -0.2) is 13.4 Å². The second-order valence-corrected chi connectivity index (χ2v) is 9.57. The van der Waals surface area contributed by atoms with Gasteiger partial charge in [0, 0.05) is 17.1 Å². The van der Waals surface area contributed by atoms with Gasteiger partial charge in [0.2, 0.25) is 9.84 Å². The van der Waals surface area contributed by atoms with E-state index in [1.54, 1.807) is 54.6 Å². The molecule has 4 aromatic rings. The summed E-state index contributed by atoms with van der Waals surface area (Å²) in [5.41, 5.74) is 2.59. The first kappa shape index (κ1) is 19.8. The molecule has 0 amide bonds. The summed E-state index contributed by atoms with van der Waals surface area (Å²) in [6.45, 7) is 3.79. The molecular weight excluding hydrogens is 429 g/mol. The maximum absolute atomic E-state index is 13.1. The summed E-state index contributed by atoms with van der Waals surface area (Å²) >= 11 is 12.5. The lowest BCUT2D eigenvalue weighted by molar-refractivity contribution is 0.484. The Kier molecular flexibility index (Phi) is 5.07. The van der Waals surface area contributed by atoms with Crippen LogP contribution in [0.15, 0.2) is 70.6 Å². The molecule has 4 nitrogen and oxygen atoms in total. The lowest BCUT2D eigenvalue weighted by Crippen LogP contribution is -2.01. The van der Waals surface area contributed by atoms with E-state index in [-0.39, 0.29) is 9.79 Å². The van der Waals surface area contributed by atoms with Gasteiger partial charge in [-0.25, -0.2) is 8.42 Å². The standard InChI is InChI=1S/C22H17Cl2NO3S/c1-13-3-6-16(7-4-13)29(26,27)21-12-25-20-8-5-15(11-17(20)21)28-22-18(23)9-14(2)10-19(22)24/h3-12,25H,1-2H3. The number of ether oxygens (including phenoxy) is 1. The Labute approximate surface area is 179 Å². The van der Waals surface area contributed by atoms with Gasteiger partial charge in [0.15, 0.2) is 5.75 Å². The van der Waals surface area contributed by atoms with Crippen LogP contribution in [0.5, 0.6) is 11.5 Å². The molecule has 0 aliphatic carbocycles. The number of aromatic nitrogens is 1. The van der Waals surface area contributed by atoms with E-state index in [0.29, 0.717) is 32.4 Å². The maximum Gasteiger partial charge on any atom is 0.208 e. The highest BCUT2D eigenvalue weighted by Gasteiger charge is 2.22. The predicted octanol–water partition coefficient (Wildman–Crippen LogP) is 6.72. The molecule has 0 saturated carbocycles. The molecule has 0 aliphatic rings. The van der Waals surface area contributed by atoms with Crippen molar-refractivity contribution in [2.75, 3.05) is 0 Å². The number of fused-ring (bicyclic) bond motifs is 1. The lowest BCUT2D eigenvalue weighted by Gasteiger charge is -2.11. The Bertz CT molecular complexity index is 1300. The average Bonchev–Trinajstić information content (AvgIpc) is 3.09. The normalized spacial score (nSPS) is 11.7. The van der Waals surface area contributed by atoms with Crippen LogP contribution < -0.4 is 4.74 Å². The fourth-order valence-corrected chi connectivity index (χ4v) is 5.20. The monoisotopic (exact) mass is 445 g/mol. The molecule has 7 heteroatoms. The summed E-state index contributed by atoms with van der Waals surface area (Å²) in [7, 11) is -3.69. The minimum absolute atomic E-state index is 0.183. The van der Waals surface area contributed by atoms with E-state index in [2.05, 4.69) is 4.98 Å². The summed E-state index contributed by atoms with van der Waals surface area (Å²) in [5, 5.41) is 1.30. The molecule has 0 aliphatic heterocycles. The van der Waals surface area contributed by atoms with Gasteiger partial charge in [-0.3, -0.25) is 0 Å². The molecule has 1 heterocycles. The number of aryl methyl sites for hydroxylation is 2. The second-order valence-electron chi connectivity index (χ2n) is 6.84. The van der Waals surface area contributed by atoms with E-state index in [1.807, 2.05) is 13.8 Å². The first-order valence-corrected chi connectivity index (χ1v) is 11.1. The molecule has 0 saturated heterocycles. The SMILES string of the molecule is Cc1ccc(S(=O)(=O)c2c[nH]c3ccc(Oc4c(Cl)cc(C)cc4Cl)cc23)cc1. The van der Waals surface area contributed by atoms with Crippen LogP contribution in [0.1, 0.15) is 11.1 Å². The average molecular weight is 446 g/mol. The first-order valence-electron chi connectivity index (χ1n) is 8.82. The fraction of sp³-hybridized carbons (Fsp3) is 0.0909. The molecular formula is C22H17Cl2NO3S. The number of sulfone groups is 1. The van der Waals surface area contributed by atoms with Crippen LogP contribution >= 0.6 is 23.2 Å². The van der Waals surface area contributed by atoms with Crippen LogP contribution in [0.3, 0.4) is 0 Å². The predicted molar refractivity (Wildman–Crippen MR) is 116 cm³/mol. The second kappa shape index (κ2) is 7.41. The van der Waals surface area contributed by atoms with Crippen LogP contribution in [0.2, 0.25) is 10.0 Å². The highest BCUT2D eigenvalue weighted by atomic mass is 35.5. The van der Waals surface area contributed by atoms with Gasteiger partial charge in [-0.15, -0.1) is 0 Å². The van der Waals surface area contributed by atoms with Crippen molar-refractivity contribution in [1.82, 2.24) is 4.98 Å². The third-order valence-electron chi connectivity index (χ3n) is 4.60. The molecule has 4 rings (SSSR count). The molecule has 1 N–H and O–H groups in total. The van der Waals surface area contributed by atoms with Gasteiger partial charge in [-0.2, -0.15) is 0 Å². The number of aromatic amines is 1. The van der Waals surface area contributed by atoms with Crippen molar-refractivity contribution in [3.63, 3.8) is 0 Å². The van der Waals surface area contributed by atoms with Crippen molar-refractivity contribution in [3.8, 4) is 11.5 Å². The molecule has 0 atom stereocenters. The Morgan fingerprint density at radius 3 is 2.17 bits per heavy atom. The van der Waals surface area contributed by atoms with Gasteiger partial charge < -0.3 is 9.72 Å². The molecule has 0 spiro atoms. The van der Waals surface area contributed by atoms with Crippen LogP contribution in [0, 0.1) is 13.8 Å². The summed E-state index contributed by atoms with van der Waals surface area (Å²) < 4.78 is 32.2. The van der Waals surface area contributed by atoms with Crippen LogP contribution in [0.4, 0.5) is 0 Å². The van der Waals surface area contributed by atoms with E-state index in [0.717, 1.165) is 11.1 Å². The van der Waals surface area contributed by atoms with Crippen molar-refractivity contribution in [2.24, 2.45) is 0 Å². The lowest BCUT2D eigenvalue weighted by atomic mass is 10.2. The number of nitrogens with one attached hydrogen (secondary N) is 1. The number of rotatable bonds is 4. The van der Waals surface area contributed by atoms with Crippen molar-refractivity contribution in [2.45, 2.75) is 23.6 Å². The van der Waals surface area contributed by atoms with Crippen molar-refractivity contribution in [3.05, 3.63) is 82.0 Å². The summed E-state index contributed by atoms with van der Waals surface area (Å²) in [5.74, 6) is 0.766. The molecule has 0 fully saturated rings. The van der Waals surface area contributed by atoms with E-state index in [4.69, 9.17) is 27.9 Å². The fourth-order valence-electron chi connectivity index (χ4n) is 3.11. The van der Waals surface area contributed by atoms with Crippen molar-refractivity contribution >= 4 is 43.9 Å². The summed E-state index contributed by atoms with van der Waals surface area (Å²) in [6.07, 6.45) is 1.50. The van der Waals surface area contributed by atoms with Crippen LogP contribution in [-0.2, 0) is 9.84 Å². The van der Waals surface area contributed by atoms with Gasteiger partial charge in [0.25, 0.3) is 0 Å². The van der Waals surface area contributed by atoms with Gasteiger partial charge in [0.05, 0.1) is 19.8 Å². The molecule has 0 unspecified atom stereocenters. The third-order valence-corrected chi connectivity index (χ3v) is 6.97. The maximum atomic E-state index is 13.1. The molecule has 3 aromatic carbocycles. The van der Waals surface area contributed by atoms with E-state index in [1.165, 1.54) is 6.20 Å². The molecule has 0 bridgehead atoms. The molecule has 29 heavy (non-hydrogen) atoms. The van der Waals surface area contributed by atoms with E-state index in [9.17, 15) is 8.42 Å². The molecule has 0 radical (unpaired) electrons. The zero-order chi connectivity index (χ0) is 20.8. The number of benzene rings is 3. The van der Waals surface area contributed by atoms with Gasteiger partial charge in [0.1, 0.15) is 5.75 Å². The van der Waals surface area contributed by atoms with Gasteiger partial charge in [-0.05, 0) is 61.9 Å². The highest BCUT2D eigenvalue weighted by Crippen LogP contribution is 2.39. The number of H-pyrrole nitrogens is 1. The third kappa shape index (κ3) is 3.73. The Morgan fingerprint density at radius 2 is 1.52 bits per heavy atom. The minimum Gasteiger partial charge on any atom is -0.454 e. The zero-order valence-electron chi connectivity index (χ0n) is 15.7. The number of halogens is 2. The van der Waals surface area contributed by atoms with E-state index >= 15 is 0 Å². The first-order chi connectivity index (χ1) is 13.8. The summed E-state index contributed by atoms with van der Waals surface area (Å²) in [4.78, 5) is 3.43. The smallest absolute Gasteiger partial charge is 0.208 e. The largest absolute Gasteiger partial charge is 0.454 e. The topological polar surface area (TPSA) is 59.2 Å². The van der Waals surface area contributed by atoms with Crippen LogP contribution in [0.25, 0.3) is 10.9 Å².